The first-order valence-electron chi connectivity index (χ1n) is 3.80. The van der Waals surface area contributed by atoms with Crippen LogP contribution in [0.25, 0.3) is 0 Å². The van der Waals surface area contributed by atoms with Gasteiger partial charge in [-0.05, 0) is 0 Å². The first-order chi connectivity index (χ1) is 7.14. The maximum absolute atomic E-state index is 10.5. The molecule has 16 heavy (non-hydrogen) atoms. The molecule has 0 aliphatic heterocycles. The number of phosphoric ester groups is 2. The van der Waals surface area contributed by atoms with Crippen molar-refractivity contribution in [3.8, 4) is 0 Å². The Hall–Kier alpha value is -0.240. The molecule has 9 nitrogen and oxygen atoms in total. The molecule has 0 aromatic heterocycles. The fourth-order valence-electron chi connectivity index (χ4n) is 0.659. The van der Waals surface area contributed by atoms with Crippen molar-refractivity contribution in [3.63, 3.8) is 0 Å². The summed E-state index contributed by atoms with van der Waals surface area (Å²) in [6.07, 6.45) is -0.348. The van der Waals surface area contributed by atoms with Crippen LogP contribution in [0, 0.1) is 0 Å². The van der Waals surface area contributed by atoms with Gasteiger partial charge in [0.2, 0.25) is 0 Å². The minimum absolute atomic E-state index is 0.366. The van der Waals surface area contributed by atoms with E-state index in [0.717, 1.165) is 6.26 Å². The predicted octanol–water partition coefficient (Wildman–Crippen LogP) is -0.266. The fourth-order valence-corrected chi connectivity index (χ4v) is 1.53. The van der Waals surface area contributed by atoms with E-state index in [-0.39, 0.29) is 6.61 Å². The Morgan fingerprint density at radius 3 is 2.06 bits per heavy atom. The lowest BCUT2D eigenvalue weighted by Gasteiger charge is -2.17. The molecular formula is C5H12O9P2. The third-order valence-corrected chi connectivity index (χ3v) is 2.17. The van der Waals surface area contributed by atoms with Crippen LogP contribution in [-0.2, 0) is 22.9 Å². The van der Waals surface area contributed by atoms with Crippen molar-refractivity contribution in [2.24, 2.45) is 0 Å². The average Bonchev–Trinajstić information content (AvgIpc) is 2.06. The number of ether oxygens (including phenoxy) is 1. The van der Waals surface area contributed by atoms with E-state index in [0.29, 0.717) is 0 Å². The van der Waals surface area contributed by atoms with Crippen molar-refractivity contribution in [1.29, 1.82) is 0 Å². The van der Waals surface area contributed by atoms with Crippen LogP contribution in [0.2, 0.25) is 0 Å². The molecule has 0 spiro atoms. The van der Waals surface area contributed by atoms with Gasteiger partial charge < -0.3 is 24.3 Å². The maximum atomic E-state index is 10.5. The summed E-state index contributed by atoms with van der Waals surface area (Å²) in [4.78, 5) is 33.7. The smallest absolute Gasteiger partial charge is 0.470 e. The van der Waals surface area contributed by atoms with E-state index in [2.05, 4.69) is 20.4 Å². The standard InChI is InChI=1S/C5H12O9P2/c1-2-12-3-5(14-16(9,10)11)4-13-15(6,7)8/h2,5H,1,3-4H2,(H2,6,7,8)(H2,9,10,11). The lowest BCUT2D eigenvalue weighted by molar-refractivity contribution is 0.0316. The fraction of sp³-hybridized carbons (Fsp3) is 0.600. The summed E-state index contributed by atoms with van der Waals surface area (Å²) in [5.74, 6) is 0. The number of hydrogen-bond donors (Lipinski definition) is 4. The number of rotatable bonds is 8. The topological polar surface area (TPSA) is 143 Å². The predicted molar refractivity (Wildman–Crippen MR) is 51.1 cm³/mol. The van der Waals surface area contributed by atoms with E-state index in [1.54, 1.807) is 0 Å². The van der Waals surface area contributed by atoms with E-state index < -0.39 is 28.4 Å². The Morgan fingerprint density at radius 1 is 1.12 bits per heavy atom. The third-order valence-electron chi connectivity index (χ3n) is 1.11. The van der Waals surface area contributed by atoms with E-state index in [4.69, 9.17) is 19.6 Å². The molecular weight excluding hydrogens is 266 g/mol. The third kappa shape index (κ3) is 10.3. The summed E-state index contributed by atoms with van der Waals surface area (Å²) < 4.78 is 33.6. The van der Waals surface area contributed by atoms with Crippen molar-refractivity contribution < 1.29 is 42.5 Å². The Balaban J connectivity index is 4.26. The second-order valence-corrected chi connectivity index (χ2v) is 4.94. The Bertz CT molecular complexity index is 303. The van der Waals surface area contributed by atoms with Crippen molar-refractivity contribution in [2.75, 3.05) is 13.2 Å². The number of hydrogen-bond acceptors (Lipinski definition) is 5. The monoisotopic (exact) mass is 278 g/mol. The molecule has 1 unspecified atom stereocenters. The van der Waals surface area contributed by atoms with E-state index in [1.165, 1.54) is 0 Å². The molecule has 0 aromatic carbocycles. The van der Waals surface area contributed by atoms with Gasteiger partial charge in [0.05, 0.1) is 12.9 Å². The highest BCUT2D eigenvalue weighted by molar-refractivity contribution is 7.46. The van der Waals surface area contributed by atoms with Crippen molar-refractivity contribution in [3.05, 3.63) is 12.8 Å². The first kappa shape index (κ1) is 15.8. The molecule has 0 heterocycles. The van der Waals surface area contributed by atoms with Crippen LogP contribution in [0.3, 0.4) is 0 Å². The molecule has 1 atom stereocenters. The van der Waals surface area contributed by atoms with Gasteiger partial charge >= 0.3 is 15.6 Å². The highest BCUT2D eigenvalue weighted by atomic mass is 31.2. The van der Waals surface area contributed by atoms with Crippen LogP contribution in [0.5, 0.6) is 0 Å². The summed E-state index contributed by atoms with van der Waals surface area (Å²) in [5.41, 5.74) is 0. The van der Waals surface area contributed by atoms with Gasteiger partial charge in [-0.2, -0.15) is 0 Å². The van der Waals surface area contributed by atoms with Crippen molar-refractivity contribution in [1.82, 2.24) is 0 Å². The molecule has 0 aliphatic carbocycles. The second kappa shape index (κ2) is 6.48. The highest BCUT2D eigenvalue weighted by Gasteiger charge is 2.26. The Morgan fingerprint density at radius 2 is 1.69 bits per heavy atom. The van der Waals surface area contributed by atoms with Gasteiger partial charge in [-0.15, -0.1) is 0 Å². The van der Waals surface area contributed by atoms with Gasteiger partial charge in [0.25, 0.3) is 0 Å². The minimum atomic E-state index is -4.79. The lowest BCUT2D eigenvalue weighted by atomic mass is 10.4. The normalized spacial score (nSPS) is 14.5. The van der Waals surface area contributed by atoms with Crippen LogP contribution >= 0.6 is 15.6 Å². The van der Waals surface area contributed by atoms with Crippen LogP contribution in [0.1, 0.15) is 0 Å². The van der Waals surface area contributed by atoms with E-state index >= 15 is 0 Å². The molecule has 0 fully saturated rings. The highest BCUT2D eigenvalue weighted by Crippen LogP contribution is 2.40. The van der Waals surface area contributed by atoms with Gasteiger partial charge in [0.15, 0.2) is 0 Å². The zero-order chi connectivity index (χ0) is 12.8. The largest absolute Gasteiger partial charge is 0.499 e. The summed E-state index contributed by atoms with van der Waals surface area (Å²) in [6.45, 7) is 2.07. The first-order valence-corrected chi connectivity index (χ1v) is 6.86. The molecule has 0 bridgehead atoms. The van der Waals surface area contributed by atoms with Gasteiger partial charge in [-0.25, -0.2) is 9.13 Å². The molecule has 0 saturated heterocycles. The lowest BCUT2D eigenvalue weighted by Crippen LogP contribution is -2.23. The zero-order valence-corrected chi connectivity index (χ0v) is 9.79. The minimum Gasteiger partial charge on any atom is -0.499 e. The second-order valence-electron chi connectivity index (χ2n) is 2.50. The molecule has 0 radical (unpaired) electrons. The Kier molecular flexibility index (Phi) is 6.39. The van der Waals surface area contributed by atoms with Crippen LogP contribution in [0.15, 0.2) is 12.8 Å². The van der Waals surface area contributed by atoms with Crippen molar-refractivity contribution >= 4 is 15.6 Å². The molecule has 0 aliphatic rings. The molecule has 4 N–H and O–H groups in total. The molecule has 11 heteroatoms. The molecule has 0 rings (SSSR count). The summed E-state index contributed by atoms with van der Waals surface area (Å²) >= 11 is 0. The number of phosphoric acid groups is 2. The van der Waals surface area contributed by atoms with Crippen LogP contribution in [0.4, 0.5) is 0 Å². The summed E-state index contributed by atoms with van der Waals surface area (Å²) in [6, 6.07) is 0. The molecule has 0 aromatic rings. The van der Waals surface area contributed by atoms with Crippen molar-refractivity contribution in [2.45, 2.75) is 6.10 Å². The van der Waals surface area contributed by atoms with E-state index in [1.807, 2.05) is 0 Å². The van der Waals surface area contributed by atoms with E-state index in [9.17, 15) is 9.13 Å². The van der Waals surface area contributed by atoms with Crippen LogP contribution < -0.4 is 0 Å². The molecule has 96 valence electrons. The summed E-state index contributed by atoms with van der Waals surface area (Å²) in [5, 5.41) is 0. The van der Waals surface area contributed by atoms with Gasteiger partial charge in [-0.1, -0.05) is 6.58 Å². The van der Waals surface area contributed by atoms with Gasteiger partial charge in [-0.3, -0.25) is 9.05 Å². The maximum Gasteiger partial charge on any atom is 0.470 e. The Labute approximate surface area is 91.1 Å². The quantitative estimate of drug-likeness (QED) is 0.348. The average molecular weight is 278 g/mol. The molecule has 0 saturated carbocycles. The van der Waals surface area contributed by atoms with Gasteiger partial charge in [0, 0.05) is 0 Å². The summed E-state index contributed by atoms with van der Waals surface area (Å²) in [7, 11) is -9.52. The molecule has 0 amide bonds. The van der Waals surface area contributed by atoms with Gasteiger partial charge in [0.1, 0.15) is 12.7 Å². The SMILES string of the molecule is C=COCC(COP(=O)(O)O)OP(=O)(O)O. The van der Waals surface area contributed by atoms with Crippen LogP contribution in [-0.4, -0.2) is 38.9 Å². The zero-order valence-electron chi connectivity index (χ0n) is 8.00.